The number of nitrogens with one attached hydrogen (secondary N) is 2. The van der Waals surface area contributed by atoms with Crippen LogP contribution in [0.5, 0.6) is 5.75 Å². The number of halogens is 3. The Labute approximate surface area is 159 Å². The number of hydrogen-bond acceptors (Lipinski definition) is 2. The molecule has 1 saturated carbocycles. The van der Waals surface area contributed by atoms with Crippen molar-refractivity contribution in [2.75, 3.05) is 13.6 Å². The van der Waals surface area contributed by atoms with Crippen molar-refractivity contribution < 1.29 is 13.5 Å². The van der Waals surface area contributed by atoms with Gasteiger partial charge in [-0.2, -0.15) is 0 Å². The van der Waals surface area contributed by atoms with Crippen LogP contribution in [0.1, 0.15) is 36.8 Å². The molecule has 0 spiro atoms. The molecule has 0 saturated heterocycles. The third-order valence-corrected chi connectivity index (χ3v) is 3.91. The van der Waals surface area contributed by atoms with E-state index in [-0.39, 0.29) is 30.1 Å². The Morgan fingerprint density at radius 3 is 2.62 bits per heavy atom. The second-order valence-corrected chi connectivity index (χ2v) is 5.83. The zero-order chi connectivity index (χ0) is 16.7. The molecule has 0 amide bonds. The normalized spacial score (nSPS) is 15.3. The number of ether oxygens (including phenoxy) is 1. The zero-order valence-electron chi connectivity index (χ0n) is 14.1. The molecule has 4 nitrogen and oxygen atoms in total. The molecule has 7 heteroatoms. The van der Waals surface area contributed by atoms with Crippen LogP contribution >= 0.6 is 24.0 Å². The van der Waals surface area contributed by atoms with Crippen LogP contribution in [0.3, 0.4) is 0 Å². The fraction of sp³-hybridized carbons (Fsp3) is 0.588. The number of nitrogens with zero attached hydrogens (tertiary/aromatic N) is 1. The molecule has 0 radical (unpaired) electrons. The van der Waals surface area contributed by atoms with E-state index in [1.807, 2.05) is 25.1 Å². The molecule has 2 N–H and O–H groups in total. The van der Waals surface area contributed by atoms with Crippen LogP contribution < -0.4 is 15.4 Å². The van der Waals surface area contributed by atoms with E-state index in [0.717, 1.165) is 29.7 Å². The lowest BCUT2D eigenvalue weighted by Gasteiger charge is -2.18. The molecule has 24 heavy (non-hydrogen) atoms. The smallest absolute Gasteiger partial charge is 0.255 e. The van der Waals surface area contributed by atoms with Crippen LogP contribution in [0, 0.1) is 6.92 Å². The summed E-state index contributed by atoms with van der Waals surface area (Å²) in [4.78, 5) is 3.95. The van der Waals surface area contributed by atoms with Gasteiger partial charge in [0.25, 0.3) is 6.43 Å². The lowest BCUT2D eigenvalue weighted by Crippen LogP contribution is -2.39. The number of rotatable bonds is 6. The Balaban J connectivity index is 0.00000288. The fourth-order valence-electron chi connectivity index (χ4n) is 2.68. The van der Waals surface area contributed by atoms with Gasteiger partial charge in [0.2, 0.25) is 0 Å². The molecule has 2 rings (SSSR count). The van der Waals surface area contributed by atoms with Crippen LogP contribution in [-0.4, -0.2) is 32.1 Å². The van der Waals surface area contributed by atoms with Crippen molar-refractivity contribution in [2.45, 2.75) is 51.7 Å². The average Bonchev–Trinajstić information content (AvgIpc) is 3.02. The van der Waals surface area contributed by atoms with Crippen molar-refractivity contribution in [1.29, 1.82) is 0 Å². The first kappa shape index (κ1) is 20.9. The lowest BCUT2D eigenvalue weighted by atomic mass is 10.1. The van der Waals surface area contributed by atoms with Crippen LogP contribution in [0.4, 0.5) is 8.78 Å². The van der Waals surface area contributed by atoms with Gasteiger partial charge in [-0.3, -0.25) is 4.99 Å². The summed E-state index contributed by atoms with van der Waals surface area (Å²) in [5, 5.41) is 5.64. The summed E-state index contributed by atoms with van der Waals surface area (Å²) in [5.41, 5.74) is 2.14. The molecule has 136 valence electrons. The third kappa shape index (κ3) is 6.78. The van der Waals surface area contributed by atoms with E-state index < -0.39 is 13.0 Å². The molecule has 1 fully saturated rings. The Morgan fingerprint density at radius 2 is 2.00 bits per heavy atom. The van der Waals surface area contributed by atoms with Crippen LogP contribution in [0.2, 0.25) is 0 Å². The first-order valence-corrected chi connectivity index (χ1v) is 8.07. The maximum Gasteiger partial charge on any atom is 0.255 e. The Morgan fingerprint density at radius 1 is 1.29 bits per heavy atom. The van der Waals surface area contributed by atoms with E-state index in [1.165, 1.54) is 12.8 Å². The quantitative estimate of drug-likeness (QED) is 0.391. The number of aryl methyl sites for hydroxylation is 1. The van der Waals surface area contributed by atoms with E-state index in [1.54, 1.807) is 7.05 Å². The molecule has 0 aliphatic heterocycles. The van der Waals surface area contributed by atoms with Gasteiger partial charge in [0.05, 0.1) is 12.6 Å². The fourth-order valence-corrected chi connectivity index (χ4v) is 2.68. The monoisotopic (exact) mass is 453 g/mol. The van der Waals surface area contributed by atoms with Gasteiger partial charge in [0.15, 0.2) is 5.96 Å². The van der Waals surface area contributed by atoms with Crippen molar-refractivity contribution in [3.63, 3.8) is 0 Å². The van der Waals surface area contributed by atoms with Crippen molar-refractivity contribution >= 4 is 29.9 Å². The highest BCUT2D eigenvalue weighted by atomic mass is 127. The van der Waals surface area contributed by atoms with Gasteiger partial charge in [0.1, 0.15) is 5.75 Å². The van der Waals surface area contributed by atoms with Gasteiger partial charge < -0.3 is 15.4 Å². The van der Waals surface area contributed by atoms with Crippen LogP contribution in [0.25, 0.3) is 0 Å². The molecule has 1 aliphatic rings. The Hall–Kier alpha value is -1.12. The Bertz CT molecular complexity index is 535. The highest BCUT2D eigenvalue weighted by Crippen LogP contribution is 2.27. The van der Waals surface area contributed by atoms with Crippen molar-refractivity contribution in [3.8, 4) is 5.75 Å². The second kappa shape index (κ2) is 10.7. The molecule has 0 unspecified atom stereocenters. The second-order valence-electron chi connectivity index (χ2n) is 5.83. The highest BCUT2D eigenvalue weighted by molar-refractivity contribution is 14.0. The van der Waals surface area contributed by atoms with E-state index in [2.05, 4.69) is 15.6 Å². The topological polar surface area (TPSA) is 45.7 Å². The minimum absolute atomic E-state index is 0. The lowest BCUT2D eigenvalue weighted by molar-refractivity contribution is 0.152. The van der Waals surface area contributed by atoms with Gasteiger partial charge in [-0.25, -0.2) is 8.78 Å². The molecule has 0 bridgehead atoms. The summed E-state index contributed by atoms with van der Waals surface area (Å²) in [5.74, 6) is 1.23. The maximum atomic E-state index is 12.3. The number of alkyl halides is 2. The number of guanidine groups is 1. The highest BCUT2D eigenvalue weighted by Gasteiger charge is 2.18. The molecule has 0 atom stereocenters. The van der Waals surface area contributed by atoms with E-state index in [4.69, 9.17) is 4.74 Å². The zero-order valence-corrected chi connectivity index (χ0v) is 16.5. The predicted octanol–water partition coefficient (Wildman–Crippen LogP) is 3.86. The molecule has 1 aromatic rings. The molecular weight excluding hydrogens is 427 g/mol. The van der Waals surface area contributed by atoms with Crippen molar-refractivity contribution in [3.05, 3.63) is 29.3 Å². The summed E-state index contributed by atoms with van der Waals surface area (Å²) in [6.07, 6.45) is 2.50. The van der Waals surface area contributed by atoms with Gasteiger partial charge in [0, 0.05) is 19.2 Å². The largest absolute Gasteiger partial charge is 0.490 e. The maximum absolute atomic E-state index is 12.3. The molecule has 1 aromatic carbocycles. The first-order valence-electron chi connectivity index (χ1n) is 8.07. The summed E-state index contributed by atoms with van der Waals surface area (Å²) in [6, 6.07) is 6.06. The van der Waals surface area contributed by atoms with E-state index in [0.29, 0.717) is 12.5 Å². The number of aliphatic imine (C=N–C) groups is 1. The molecule has 0 aromatic heterocycles. The summed E-state index contributed by atoms with van der Waals surface area (Å²) < 4.78 is 30.7. The molecule has 1 aliphatic carbocycles. The SMILES string of the molecule is CN=C(NCc1ccc(C)cc1OC1CCCC1)NCC(F)F.I. The first-order chi connectivity index (χ1) is 11.1. The number of hydrogen-bond donors (Lipinski definition) is 2. The van der Waals surface area contributed by atoms with Gasteiger partial charge in [-0.05, 0) is 44.2 Å². The summed E-state index contributed by atoms with van der Waals surface area (Å²) in [6.45, 7) is 2.09. The van der Waals surface area contributed by atoms with E-state index >= 15 is 0 Å². The number of benzene rings is 1. The van der Waals surface area contributed by atoms with Gasteiger partial charge in [-0.1, -0.05) is 12.1 Å². The summed E-state index contributed by atoms with van der Waals surface area (Å²) in [7, 11) is 1.56. The van der Waals surface area contributed by atoms with Gasteiger partial charge in [-0.15, -0.1) is 24.0 Å². The summed E-state index contributed by atoms with van der Waals surface area (Å²) >= 11 is 0. The predicted molar refractivity (Wildman–Crippen MR) is 104 cm³/mol. The van der Waals surface area contributed by atoms with Gasteiger partial charge >= 0.3 is 0 Å². The van der Waals surface area contributed by atoms with Crippen LogP contribution in [-0.2, 0) is 6.54 Å². The standard InChI is InChI=1S/C17H25F2N3O.HI/c1-12-7-8-13(10-21-17(20-2)22-11-16(18)19)15(9-12)23-14-5-3-4-6-14;/h7-9,14,16H,3-6,10-11H2,1-2H3,(H2,20,21,22);1H. The molecule has 0 heterocycles. The van der Waals surface area contributed by atoms with Crippen LogP contribution in [0.15, 0.2) is 23.2 Å². The average molecular weight is 453 g/mol. The Kier molecular flexibility index (Phi) is 9.31. The van der Waals surface area contributed by atoms with Crippen molar-refractivity contribution in [1.82, 2.24) is 10.6 Å². The molecular formula is C17H26F2IN3O. The van der Waals surface area contributed by atoms with Crippen molar-refractivity contribution in [2.24, 2.45) is 4.99 Å². The third-order valence-electron chi connectivity index (χ3n) is 3.91. The minimum atomic E-state index is -2.41. The van der Waals surface area contributed by atoms with E-state index in [9.17, 15) is 8.78 Å². The minimum Gasteiger partial charge on any atom is -0.490 e.